The summed E-state index contributed by atoms with van der Waals surface area (Å²) < 4.78 is 23.1. The van der Waals surface area contributed by atoms with Gasteiger partial charge in [0.2, 0.25) is 0 Å². The Morgan fingerprint density at radius 3 is 2.08 bits per heavy atom. The van der Waals surface area contributed by atoms with Gasteiger partial charge in [0.05, 0.1) is 19.4 Å². The van der Waals surface area contributed by atoms with Gasteiger partial charge in [0.25, 0.3) is 5.91 Å². The van der Waals surface area contributed by atoms with Crippen molar-refractivity contribution in [1.82, 2.24) is 0 Å². The van der Waals surface area contributed by atoms with E-state index in [0.717, 1.165) is 5.56 Å². The molecule has 0 aromatic heterocycles. The molecule has 2 aromatic carbocycles. The Balaban J connectivity index is 2.02. The van der Waals surface area contributed by atoms with Gasteiger partial charge in [0.15, 0.2) is 0 Å². The molecule has 0 bridgehead atoms. The second-order valence-corrected chi connectivity index (χ2v) is 7.18. The quantitative estimate of drug-likeness (QED) is 0.703. The number of carbonyl (C=O) groups excluding carboxylic acids is 1. The predicted octanol–water partition coefficient (Wildman–Crippen LogP) is 4.71. The molecule has 0 unspecified atom stereocenters. The monoisotopic (exact) mass is 347 g/mol. The van der Waals surface area contributed by atoms with Gasteiger partial charge < -0.3 is 14.4 Å². The fourth-order valence-corrected chi connectivity index (χ4v) is 3.93. The molecule has 0 saturated carbocycles. The van der Waals surface area contributed by atoms with Crippen molar-refractivity contribution in [3.05, 3.63) is 65.7 Å². The van der Waals surface area contributed by atoms with Crippen LogP contribution < -0.4 is 5.32 Å². The zero-order valence-corrected chi connectivity index (χ0v) is 14.8. The Labute approximate surface area is 142 Å². The SMILES string of the molecule is CCOP(=O)(Cc1ccc(NC(=O)c2ccccc2)cc1)OCC. The van der Waals surface area contributed by atoms with Gasteiger partial charge in [-0.25, -0.2) is 0 Å². The minimum atomic E-state index is -3.12. The summed E-state index contributed by atoms with van der Waals surface area (Å²) in [6.45, 7) is 4.24. The molecule has 0 fully saturated rings. The molecule has 24 heavy (non-hydrogen) atoms. The minimum Gasteiger partial charge on any atom is -0.322 e. The summed E-state index contributed by atoms with van der Waals surface area (Å²) in [6.07, 6.45) is 0.210. The first-order chi connectivity index (χ1) is 11.6. The highest BCUT2D eigenvalue weighted by molar-refractivity contribution is 7.53. The Kier molecular flexibility index (Phi) is 6.73. The largest absolute Gasteiger partial charge is 0.335 e. The lowest BCUT2D eigenvalue weighted by molar-refractivity contribution is 0.102. The second kappa shape index (κ2) is 8.78. The van der Waals surface area contributed by atoms with Gasteiger partial charge in [0, 0.05) is 11.3 Å². The van der Waals surface area contributed by atoms with E-state index >= 15 is 0 Å². The van der Waals surface area contributed by atoms with Crippen LogP contribution in [-0.4, -0.2) is 19.1 Å². The van der Waals surface area contributed by atoms with Crippen molar-refractivity contribution < 1.29 is 18.4 Å². The summed E-state index contributed by atoms with van der Waals surface area (Å²) in [7, 11) is -3.12. The third-order valence-electron chi connectivity index (χ3n) is 3.28. The van der Waals surface area contributed by atoms with Gasteiger partial charge in [-0.2, -0.15) is 0 Å². The number of hydrogen-bond donors (Lipinski definition) is 1. The average molecular weight is 347 g/mol. The number of anilines is 1. The lowest BCUT2D eigenvalue weighted by Gasteiger charge is -2.17. The molecule has 0 heterocycles. The van der Waals surface area contributed by atoms with E-state index in [-0.39, 0.29) is 12.1 Å². The highest BCUT2D eigenvalue weighted by Crippen LogP contribution is 2.51. The summed E-state index contributed by atoms with van der Waals surface area (Å²) in [5.74, 6) is -0.169. The lowest BCUT2D eigenvalue weighted by atomic mass is 10.2. The van der Waals surface area contributed by atoms with Crippen molar-refractivity contribution in [2.45, 2.75) is 20.0 Å². The van der Waals surface area contributed by atoms with Crippen LogP contribution >= 0.6 is 7.60 Å². The summed E-state index contributed by atoms with van der Waals surface area (Å²) in [5.41, 5.74) is 2.10. The molecule has 128 valence electrons. The zero-order chi connectivity index (χ0) is 17.4. The number of amides is 1. The molecular formula is C18H22NO4P. The average Bonchev–Trinajstić information content (AvgIpc) is 2.58. The van der Waals surface area contributed by atoms with Crippen LogP contribution in [0, 0.1) is 0 Å². The molecule has 5 nitrogen and oxygen atoms in total. The zero-order valence-electron chi connectivity index (χ0n) is 13.9. The van der Waals surface area contributed by atoms with Gasteiger partial charge >= 0.3 is 7.60 Å². The summed E-state index contributed by atoms with van der Waals surface area (Å²) >= 11 is 0. The van der Waals surface area contributed by atoms with Crippen LogP contribution in [0.5, 0.6) is 0 Å². The maximum absolute atomic E-state index is 12.5. The molecular weight excluding hydrogens is 325 g/mol. The molecule has 1 N–H and O–H groups in total. The van der Waals surface area contributed by atoms with E-state index in [9.17, 15) is 9.36 Å². The number of benzene rings is 2. The molecule has 0 aliphatic rings. The van der Waals surface area contributed by atoms with Crippen LogP contribution in [-0.2, 0) is 19.8 Å². The third-order valence-corrected chi connectivity index (χ3v) is 5.33. The Bertz CT molecular complexity index is 691. The highest BCUT2D eigenvalue weighted by Gasteiger charge is 2.23. The highest BCUT2D eigenvalue weighted by atomic mass is 31.2. The fourth-order valence-electron chi connectivity index (χ4n) is 2.23. The normalized spacial score (nSPS) is 11.2. The van der Waals surface area contributed by atoms with Gasteiger partial charge in [-0.3, -0.25) is 9.36 Å². The maximum atomic E-state index is 12.5. The topological polar surface area (TPSA) is 64.6 Å². The van der Waals surface area contributed by atoms with Gasteiger partial charge in [-0.05, 0) is 43.7 Å². The number of rotatable bonds is 8. The van der Waals surface area contributed by atoms with E-state index in [4.69, 9.17) is 9.05 Å². The number of carbonyl (C=O) groups is 1. The first-order valence-corrected chi connectivity index (χ1v) is 9.62. The van der Waals surface area contributed by atoms with E-state index in [2.05, 4.69) is 5.32 Å². The van der Waals surface area contributed by atoms with E-state index in [0.29, 0.717) is 24.5 Å². The van der Waals surface area contributed by atoms with Crippen molar-refractivity contribution in [1.29, 1.82) is 0 Å². The predicted molar refractivity (Wildman–Crippen MR) is 95.4 cm³/mol. The van der Waals surface area contributed by atoms with Crippen molar-refractivity contribution >= 4 is 19.2 Å². The number of hydrogen-bond acceptors (Lipinski definition) is 4. The van der Waals surface area contributed by atoms with Crippen molar-refractivity contribution in [3.63, 3.8) is 0 Å². The summed E-state index contributed by atoms with van der Waals surface area (Å²) in [5, 5.41) is 2.83. The van der Waals surface area contributed by atoms with Crippen LogP contribution in [0.1, 0.15) is 29.8 Å². The molecule has 0 aliphatic heterocycles. The summed E-state index contributed by atoms with van der Waals surface area (Å²) in [4.78, 5) is 12.1. The Hall–Kier alpha value is -1.94. The molecule has 1 amide bonds. The summed E-state index contributed by atoms with van der Waals surface area (Å²) in [6, 6.07) is 16.2. The Morgan fingerprint density at radius 1 is 0.958 bits per heavy atom. The molecule has 2 aromatic rings. The van der Waals surface area contributed by atoms with Crippen LogP contribution in [0.4, 0.5) is 5.69 Å². The van der Waals surface area contributed by atoms with Crippen molar-refractivity contribution in [2.24, 2.45) is 0 Å². The fraction of sp³-hybridized carbons (Fsp3) is 0.278. The van der Waals surface area contributed by atoms with E-state index in [1.165, 1.54) is 0 Å². The Morgan fingerprint density at radius 2 is 1.54 bits per heavy atom. The van der Waals surface area contributed by atoms with Gasteiger partial charge in [-0.1, -0.05) is 30.3 Å². The minimum absolute atomic E-state index is 0.169. The standard InChI is InChI=1S/C18H22NO4P/c1-3-22-24(21,23-4-2)14-15-10-12-17(13-11-15)19-18(20)16-8-6-5-7-9-16/h5-13H,3-4,14H2,1-2H3,(H,19,20). The van der Waals surface area contributed by atoms with E-state index < -0.39 is 7.60 Å². The van der Waals surface area contributed by atoms with Crippen molar-refractivity contribution in [2.75, 3.05) is 18.5 Å². The molecule has 0 aliphatic carbocycles. The molecule has 6 heteroatoms. The smallest absolute Gasteiger partial charge is 0.322 e. The van der Waals surface area contributed by atoms with Crippen molar-refractivity contribution in [3.8, 4) is 0 Å². The lowest BCUT2D eigenvalue weighted by Crippen LogP contribution is -2.11. The molecule has 0 saturated heterocycles. The first-order valence-electron chi connectivity index (χ1n) is 7.90. The maximum Gasteiger partial charge on any atom is 0.335 e. The van der Waals surface area contributed by atoms with Crippen LogP contribution in [0.15, 0.2) is 54.6 Å². The van der Waals surface area contributed by atoms with E-state index in [1.807, 2.05) is 30.3 Å². The first kappa shape index (κ1) is 18.4. The molecule has 0 spiro atoms. The van der Waals surface area contributed by atoms with E-state index in [1.54, 1.807) is 38.1 Å². The third kappa shape index (κ3) is 5.31. The van der Waals surface area contributed by atoms with Crippen LogP contribution in [0.3, 0.4) is 0 Å². The van der Waals surface area contributed by atoms with Crippen LogP contribution in [0.25, 0.3) is 0 Å². The second-order valence-electron chi connectivity index (χ2n) is 5.12. The number of nitrogens with one attached hydrogen (secondary N) is 1. The molecule has 0 radical (unpaired) electrons. The molecule has 0 atom stereocenters. The molecule has 2 rings (SSSR count). The van der Waals surface area contributed by atoms with Crippen LogP contribution in [0.2, 0.25) is 0 Å². The van der Waals surface area contributed by atoms with Gasteiger partial charge in [0.1, 0.15) is 0 Å². The van der Waals surface area contributed by atoms with Gasteiger partial charge in [-0.15, -0.1) is 0 Å².